The summed E-state index contributed by atoms with van der Waals surface area (Å²) >= 11 is 5.34. The Morgan fingerprint density at radius 3 is 1.49 bits per heavy atom. The highest BCUT2D eigenvalue weighted by Crippen LogP contribution is 2.29. The molecule has 6 heterocycles. The lowest BCUT2D eigenvalue weighted by Crippen LogP contribution is -2.29. The number of aromatic nitrogens is 8. The van der Waals surface area contributed by atoms with Crippen LogP contribution in [0.25, 0.3) is 21.8 Å². The van der Waals surface area contributed by atoms with Crippen molar-refractivity contribution in [2.75, 3.05) is 43.3 Å². The van der Waals surface area contributed by atoms with E-state index in [2.05, 4.69) is 68.7 Å². The molecule has 2 aliphatic rings. The fraction of sp³-hybridized carbons (Fsp3) is 0.391. The Hall–Kier alpha value is -6.93. The van der Waals surface area contributed by atoms with E-state index in [1.807, 2.05) is 56.3 Å². The topological polar surface area (TPSA) is 231 Å². The van der Waals surface area contributed by atoms with Crippen molar-refractivity contribution in [3.8, 4) is 35.7 Å². The second kappa shape index (κ2) is 25.1. The van der Waals surface area contributed by atoms with Gasteiger partial charge in [0.2, 0.25) is 23.0 Å². The van der Waals surface area contributed by atoms with Gasteiger partial charge in [-0.2, -0.15) is 10.5 Å². The maximum atomic E-state index is 8.80. The van der Waals surface area contributed by atoms with E-state index >= 15 is 0 Å². The highest BCUT2D eigenvalue weighted by molar-refractivity contribution is 6.28. The summed E-state index contributed by atoms with van der Waals surface area (Å²) in [6, 6.07) is 16.8. The van der Waals surface area contributed by atoms with E-state index in [0.29, 0.717) is 52.8 Å². The Morgan fingerprint density at radius 2 is 1.08 bits per heavy atom. The second-order valence-electron chi connectivity index (χ2n) is 14.8. The zero-order chi connectivity index (χ0) is 44.8. The Balaban J connectivity index is 0.000000191. The molecule has 5 N–H and O–H groups in total. The van der Waals surface area contributed by atoms with Crippen LogP contribution in [0.15, 0.2) is 73.6 Å². The first-order chi connectivity index (χ1) is 30.8. The number of hydrogen-bond donors (Lipinski definition) is 4. The lowest BCUT2D eigenvalue weighted by atomic mass is 9.86. The van der Waals surface area contributed by atoms with Crippen LogP contribution in [0.4, 0.5) is 17.6 Å². The van der Waals surface area contributed by atoms with Gasteiger partial charge in [0, 0.05) is 54.2 Å². The van der Waals surface area contributed by atoms with Gasteiger partial charge in [0.15, 0.2) is 0 Å². The molecule has 16 nitrogen and oxygen atoms in total. The third-order valence-electron chi connectivity index (χ3n) is 10.6. The van der Waals surface area contributed by atoms with Crippen molar-refractivity contribution in [1.29, 1.82) is 10.5 Å². The predicted octanol–water partition coefficient (Wildman–Crippen LogP) is 7.98. The molecule has 0 spiro atoms. The molecule has 0 aromatic carbocycles. The molecule has 0 saturated heterocycles. The molecule has 8 rings (SSSR count). The number of pyridine rings is 4. The third kappa shape index (κ3) is 14.6. The Morgan fingerprint density at radius 1 is 0.635 bits per heavy atom. The maximum Gasteiger partial charge on any atom is 0.240 e. The normalized spacial score (nSPS) is 17.5. The summed E-state index contributed by atoms with van der Waals surface area (Å²) in [7, 11) is 3.24. The van der Waals surface area contributed by atoms with E-state index in [1.165, 1.54) is 37.6 Å². The summed E-state index contributed by atoms with van der Waals surface area (Å²) in [6.07, 6.45) is 18.4. The highest BCUT2D eigenvalue weighted by Gasteiger charge is 2.22. The van der Waals surface area contributed by atoms with Crippen molar-refractivity contribution in [3.63, 3.8) is 0 Å². The van der Waals surface area contributed by atoms with Crippen LogP contribution in [0, 0.1) is 46.3 Å². The number of hydrogen-bond acceptors (Lipinski definition) is 16. The zero-order valence-corrected chi connectivity index (χ0v) is 36.8. The van der Waals surface area contributed by atoms with Gasteiger partial charge in [-0.05, 0) is 132 Å². The largest absolute Gasteiger partial charge is 0.479 e. The van der Waals surface area contributed by atoms with Crippen molar-refractivity contribution in [2.24, 2.45) is 17.6 Å². The fourth-order valence-electron chi connectivity index (χ4n) is 7.06. The van der Waals surface area contributed by atoms with Gasteiger partial charge in [0.25, 0.3) is 0 Å². The predicted molar refractivity (Wildman–Crippen MR) is 246 cm³/mol. The smallest absolute Gasteiger partial charge is 0.240 e. The molecule has 326 valence electrons. The molecule has 6 aromatic rings. The molecule has 6 aromatic heterocycles. The first-order valence-electron chi connectivity index (χ1n) is 20.8. The fourth-order valence-corrected chi connectivity index (χ4v) is 7.16. The van der Waals surface area contributed by atoms with Gasteiger partial charge in [0.05, 0.1) is 37.7 Å². The molecule has 0 amide bonds. The second-order valence-corrected chi connectivity index (χ2v) is 15.1. The van der Waals surface area contributed by atoms with Crippen LogP contribution in [0.2, 0.25) is 5.28 Å². The number of rotatable bonds is 10. The van der Waals surface area contributed by atoms with Crippen LogP contribution in [-0.2, 0) is 0 Å². The van der Waals surface area contributed by atoms with Gasteiger partial charge >= 0.3 is 0 Å². The number of fused-ring (bicyclic) bond motifs is 2. The van der Waals surface area contributed by atoms with Gasteiger partial charge in [-0.3, -0.25) is 0 Å². The molecule has 0 radical (unpaired) electrons. The minimum absolute atomic E-state index is 0.161. The monoisotopic (exact) mass is 868 g/mol. The number of methoxy groups -OCH3 is 2. The zero-order valence-electron chi connectivity index (χ0n) is 36.1. The summed E-state index contributed by atoms with van der Waals surface area (Å²) < 4.78 is 10.6. The van der Waals surface area contributed by atoms with Gasteiger partial charge in [-0.25, -0.2) is 39.9 Å². The molecule has 0 unspecified atom stereocenters. The first-order valence-corrected chi connectivity index (χ1v) is 21.2. The van der Waals surface area contributed by atoms with E-state index in [1.54, 1.807) is 26.6 Å². The summed E-state index contributed by atoms with van der Waals surface area (Å²) in [5.41, 5.74) is 8.21. The van der Waals surface area contributed by atoms with Gasteiger partial charge in [-0.1, -0.05) is 0 Å². The summed E-state index contributed by atoms with van der Waals surface area (Å²) in [5, 5.41) is 29.6. The van der Waals surface area contributed by atoms with E-state index in [9.17, 15) is 0 Å². The molecule has 0 atom stereocenters. The Bertz CT molecular complexity index is 2480. The van der Waals surface area contributed by atoms with Gasteiger partial charge < -0.3 is 31.2 Å². The first kappa shape index (κ1) is 47.1. The van der Waals surface area contributed by atoms with E-state index in [-0.39, 0.29) is 5.28 Å². The van der Waals surface area contributed by atoms with Crippen LogP contribution in [0.3, 0.4) is 0 Å². The maximum absolute atomic E-state index is 8.80. The Kier molecular flexibility index (Phi) is 18.8. The molecule has 17 heteroatoms. The average molecular weight is 869 g/mol. The van der Waals surface area contributed by atoms with E-state index in [0.717, 1.165) is 85.1 Å². The molecular formula is C46H53ClN14O2. The summed E-state index contributed by atoms with van der Waals surface area (Å²) in [4.78, 5) is 33.3. The van der Waals surface area contributed by atoms with Crippen LogP contribution < -0.4 is 31.2 Å². The van der Waals surface area contributed by atoms with Gasteiger partial charge in [0.1, 0.15) is 34.8 Å². The molecule has 63 heavy (non-hydrogen) atoms. The van der Waals surface area contributed by atoms with E-state index < -0.39 is 0 Å². The molecule has 0 bridgehead atoms. The van der Waals surface area contributed by atoms with Crippen LogP contribution >= 0.6 is 11.6 Å². The number of nitriles is 2. The highest BCUT2D eigenvalue weighted by atomic mass is 35.5. The average Bonchev–Trinajstić information content (AvgIpc) is 3.34. The number of nitrogens with one attached hydrogen (secondary N) is 3. The van der Waals surface area contributed by atoms with Crippen molar-refractivity contribution < 1.29 is 9.47 Å². The number of ether oxygens (including phenoxy) is 2. The molecule has 2 saturated carbocycles. The number of halogens is 1. The standard InChI is InChI=1S/C21H23N7O.C16H22N4O.C5H2ClN3.C4H6/c1-29-20-19-16(8-9-23-20)4-7-18(28-19)27-17-5-2-14(3-6-17)11-24-21-25-12-15(10-22)13-26-21;1-21-16-15-12(8-9-18-16)4-7-14(20-15)19-13-5-2-11(10-17)3-6-13;6-5-8-2-4(1-7)3-9-5;1-3-4-2/h4,7-9,12-14,17H,2-3,5-6,11H2,1H3,(H,27,28)(H,24,25,26);4,7-9,11,13H,2-3,5-6,10,17H2,1H3,(H,19,20);2-3H;1-2H3. The molecular weight excluding hydrogens is 816 g/mol. The molecule has 2 fully saturated rings. The van der Waals surface area contributed by atoms with Crippen LogP contribution in [0.5, 0.6) is 11.8 Å². The number of nitrogens with two attached hydrogens (primary N) is 1. The lowest BCUT2D eigenvalue weighted by molar-refractivity contribution is 0.344. The number of anilines is 3. The SMILES string of the molecule is CC#CC.COc1nccc2ccc(NC3CCC(CN)CC3)nc12.COc1nccc2ccc(NC3CCC(CNc4ncc(C#N)cn4)CC3)nc12.N#Cc1cnc(Cl)nc1. The van der Waals surface area contributed by atoms with Crippen LogP contribution in [0.1, 0.15) is 76.3 Å². The van der Waals surface area contributed by atoms with Crippen molar-refractivity contribution in [2.45, 2.75) is 77.3 Å². The molecule has 2 aliphatic carbocycles. The van der Waals surface area contributed by atoms with Crippen molar-refractivity contribution >= 4 is 51.0 Å². The molecule has 0 aliphatic heterocycles. The van der Waals surface area contributed by atoms with Crippen LogP contribution in [-0.4, -0.2) is 79.3 Å². The van der Waals surface area contributed by atoms with Crippen molar-refractivity contribution in [1.82, 2.24) is 39.9 Å². The minimum atomic E-state index is 0.161. The Labute approximate surface area is 373 Å². The van der Waals surface area contributed by atoms with E-state index in [4.69, 9.17) is 42.3 Å². The minimum Gasteiger partial charge on any atom is -0.479 e. The summed E-state index contributed by atoms with van der Waals surface area (Å²) in [5.74, 6) is 10.1. The number of nitrogens with zero attached hydrogens (tertiary/aromatic N) is 10. The van der Waals surface area contributed by atoms with Crippen molar-refractivity contribution in [3.05, 3.63) is 90.0 Å². The third-order valence-corrected chi connectivity index (χ3v) is 10.8. The van der Waals surface area contributed by atoms with Gasteiger partial charge in [-0.15, -0.1) is 11.8 Å². The quantitative estimate of drug-likeness (QED) is 0.0755. The lowest BCUT2D eigenvalue weighted by Gasteiger charge is -2.29. The summed E-state index contributed by atoms with van der Waals surface area (Å²) in [6.45, 7) is 5.29.